The molecule has 0 spiro atoms. The minimum atomic E-state index is 0.0589. The van der Waals surface area contributed by atoms with Gasteiger partial charge in [0.25, 0.3) is 0 Å². The lowest BCUT2D eigenvalue weighted by Gasteiger charge is -2.21. The Balaban J connectivity index is 1.94. The zero-order valence-corrected chi connectivity index (χ0v) is 14.1. The molecule has 3 N–H and O–H groups in total. The van der Waals surface area contributed by atoms with Crippen molar-refractivity contribution in [3.8, 4) is 0 Å². The summed E-state index contributed by atoms with van der Waals surface area (Å²) in [7, 11) is 0. The minimum absolute atomic E-state index is 0.0589. The molecule has 0 saturated heterocycles. The molecule has 0 bridgehead atoms. The van der Waals surface area contributed by atoms with Crippen molar-refractivity contribution in [2.24, 2.45) is 5.84 Å². The molecule has 0 aliphatic rings. The first kappa shape index (κ1) is 14.7. The van der Waals surface area contributed by atoms with E-state index in [0.29, 0.717) is 0 Å². The third kappa shape index (κ3) is 2.90. The van der Waals surface area contributed by atoms with E-state index in [1.165, 1.54) is 25.4 Å². The van der Waals surface area contributed by atoms with Crippen molar-refractivity contribution in [2.45, 2.75) is 32.2 Å². The Labute approximate surface area is 133 Å². The number of thiophene rings is 2. The van der Waals surface area contributed by atoms with E-state index in [2.05, 4.69) is 68.0 Å². The van der Waals surface area contributed by atoms with Crippen molar-refractivity contribution in [1.82, 2.24) is 5.43 Å². The monoisotopic (exact) mass is 316 g/mol. The maximum Gasteiger partial charge on any atom is 0.0803 e. The first-order valence-corrected chi connectivity index (χ1v) is 8.72. The molecule has 0 saturated carbocycles. The molecule has 2 aromatic heterocycles. The van der Waals surface area contributed by atoms with Crippen molar-refractivity contribution in [1.29, 1.82) is 0 Å². The van der Waals surface area contributed by atoms with E-state index in [9.17, 15) is 0 Å². The molecule has 3 rings (SSSR count). The average molecular weight is 316 g/mol. The number of rotatable bonds is 3. The number of fused-ring (bicyclic) bond motifs is 1. The van der Waals surface area contributed by atoms with Crippen molar-refractivity contribution in [2.75, 3.05) is 0 Å². The highest BCUT2D eigenvalue weighted by molar-refractivity contribution is 7.27. The summed E-state index contributed by atoms with van der Waals surface area (Å²) < 4.78 is 2.67. The summed E-state index contributed by atoms with van der Waals surface area (Å²) in [5.41, 5.74) is 5.68. The molecule has 1 atom stereocenters. The third-order valence-corrected chi connectivity index (χ3v) is 5.88. The number of benzene rings is 1. The molecule has 0 amide bonds. The first-order valence-electron chi connectivity index (χ1n) is 7.02. The Hall–Kier alpha value is -1.20. The van der Waals surface area contributed by atoms with Gasteiger partial charge in [0.2, 0.25) is 0 Å². The van der Waals surface area contributed by atoms with Gasteiger partial charge in [0.1, 0.15) is 0 Å². The fourth-order valence-corrected chi connectivity index (χ4v) is 4.65. The Kier molecular flexibility index (Phi) is 3.88. The van der Waals surface area contributed by atoms with Crippen LogP contribution in [0.25, 0.3) is 9.40 Å². The smallest absolute Gasteiger partial charge is 0.0803 e. The van der Waals surface area contributed by atoms with E-state index < -0.39 is 0 Å². The van der Waals surface area contributed by atoms with Gasteiger partial charge in [-0.15, -0.1) is 22.7 Å². The summed E-state index contributed by atoms with van der Waals surface area (Å²) in [6, 6.07) is 13.2. The third-order valence-electron chi connectivity index (χ3n) is 3.72. The number of hydrogen-bond acceptors (Lipinski definition) is 4. The summed E-state index contributed by atoms with van der Waals surface area (Å²) in [6.45, 7) is 6.69. The van der Waals surface area contributed by atoms with Gasteiger partial charge in [0.05, 0.1) is 6.04 Å². The number of hydrogen-bond donors (Lipinski definition) is 2. The number of nitrogens with two attached hydrogens (primary N) is 1. The molecule has 2 nitrogen and oxygen atoms in total. The Morgan fingerprint density at radius 1 is 1.05 bits per heavy atom. The van der Waals surface area contributed by atoms with Crippen LogP contribution in [-0.2, 0) is 5.41 Å². The standard InChI is InChI=1S/C17H20N2S2/c1-17(2,3)12-6-4-11(5-7-12)16(19-18)15-10-14-13(21-15)8-9-20-14/h4-10,16,19H,18H2,1-3H3. The van der Waals surface area contributed by atoms with E-state index in [1.54, 1.807) is 11.3 Å². The van der Waals surface area contributed by atoms with Crippen LogP contribution in [0.2, 0.25) is 0 Å². The Morgan fingerprint density at radius 3 is 2.33 bits per heavy atom. The molecular weight excluding hydrogens is 296 g/mol. The quantitative estimate of drug-likeness (QED) is 0.537. The van der Waals surface area contributed by atoms with Crippen molar-refractivity contribution in [3.63, 3.8) is 0 Å². The van der Waals surface area contributed by atoms with Crippen LogP contribution < -0.4 is 11.3 Å². The predicted molar refractivity (Wildman–Crippen MR) is 94.0 cm³/mol. The van der Waals surface area contributed by atoms with E-state index in [-0.39, 0.29) is 11.5 Å². The first-order chi connectivity index (χ1) is 9.99. The molecule has 110 valence electrons. The molecule has 4 heteroatoms. The second-order valence-electron chi connectivity index (χ2n) is 6.27. The van der Waals surface area contributed by atoms with Gasteiger partial charge in [-0.25, -0.2) is 5.43 Å². The van der Waals surface area contributed by atoms with Crippen LogP contribution in [0.15, 0.2) is 41.8 Å². The zero-order valence-electron chi connectivity index (χ0n) is 12.5. The van der Waals surface area contributed by atoms with Gasteiger partial charge in [-0.2, -0.15) is 0 Å². The fourth-order valence-electron chi connectivity index (χ4n) is 2.44. The van der Waals surface area contributed by atoms with Gasteiger partial charge in [0.15, 0.2) is 0 Å². The maximum atomic E-state index is 5.81. The molecule has 2 heterocycles. The highest BCUT2D eigenvalue weighted by Crippen LogP contribution is 2.36. The lowest BCUT2D eigenvalue weighted by Crippen LogP contribution is -2.28. The van der Waals surface area contributed by atoms with Crippen LogP contribution >= 0.6 is 22.7 Å². The van der Waals surface area contributed by atoms with Gasteiger partial charge < -0.3 is 0 Å². The van der Waals surface area contributed by atoms with E-state index >= 15 is 0 Å². The second-order valence-corrected chi connectivity index (χ2v) is 8.33. The zero-order chi connectivity index (χ0) is 15.0. The average Bonchev–Trinajstić information content (AvgIpc) is 3.00. The van der Waals surface area contributed by atoms with E-state index in [1.807, 2.05) is 11.3 Å². The summed E-state index contributed by atoms with van der Waals surface area (Å²) >= 11 is 3.59. The van der Waals surface area contributed by atoms with Gasteiger partial charge >= 0.3 is 0 Å². The molecule has 0 aliphatic carbocycles. The van der Waals surface area contributed by atoms with Crippen LogP contribution in [0.1, 0.15) is 42.8 Å². The van der Waals surface area contributed by atoms with Crippen LogP contribution in [-0.4, -0.2) is 0 Å². The fraction of sp³-hybridized carbons (Fsp3) is 0.294. The largest absolute Gasteiger partial charge is 0.271 e. The topological polar surface area (TPSA) is 38.0 Å². The van der Waals surface area contributed by atoms with Gasteiger partial charge in [0, 0.05) is 14.3 Å². The molecule has 1 unspecified atom stereocenters. The number of nitrogens with one attached hydrogen (secondary N) is 1. The minimum Gasteiger partial charge on any atom is -0.271 e. The Bertz CT molecular complexity index is 704. The predicted octanol–water partition coefficient (Wildman–Crippen LogP) is 4.81. The molecule has 0 fully saturated rings. The molecule has 0 radical (unpaired) electrons. The molecule has 21 heavy (non-hydrogen) atoms. The van der Waals surface area contributed by atoms with Crippen molar-refractivity contribution < 1.29 is 0 Å². The molecule has 1 aromatic carbocycles. The Morgan fingerprint density at radius 2 is 1.76 bits per heavy atom. The lowest BCUT2D eigenvalue weighted by molar-refractivity contribution is 0.588. The summed E-state index contributed by atoms with van der Waals surface area (Å²) in [4.78, 5) is 1.27. The molecule has 3 aromatic rings. The molecular formula is C17H20N2S2. The van der Waals surface area contributed by atoms with Gasteiger partial charge in [-0.05, 0) is 34.1 Å². The van der Waals surface area contributed by atoms with Crippen molar-refractivity contribution >= 4 is 32.1 Å². The summed E-state index contributed by atoms with van der Waals surface area (Å²) in [6.07, 6.45) is 0. The normalized spacial score (nSPS) is 13.7. The number of hydrazine groups is 1. The molecule has 0 aliphatic heterocycles. The van der Waals surface area contributed by atoms with E-state index in [0.717, 1.165) is 0 Å². The summed E-state index contributed by atoms with van der Waals surface area (Å²) in [5.74, 6) is 5.81. The van der Waals surface area contributed by atoms with Crippen LogP contribution in [0, 0.1) is 0 Å². The second kappa shape index (κ2) is 5.54. The maximum absolute atomic E-state index is 5.81. The van der Waals surface area contributed by atoms with Gasteiger partial charge in [-0.1, -0.05) is 45.0 Å². The lowest BCUT2D eigenvalue weighted by atomic mass is 9.86. The summed E-state index contributed by atoms with van der Waals surface area (Å²) in [5, 5.41) is 2.13. The van der Waals surface area contributed by atoms with Crippen LogP contribution in [0.3, 0.4) is 0 Å². The van der Waals surface area contributed by atoms with Crippen molar-refractivity contribution in [3.05, 3.63) is 57.8 Å². The van der Waals surface area contributed by atoms with Crippen LogP contribution in [0.4, 0.5) is 0 Å². The van der Waals surface area contributed by atoms with Crippen LogP contribution in [0.5, 0.6) is 0 Å². The SMILES string of the molecule is CC(C)(C)c1ccc(C(NN)c2cc3sccc3s2)cc1. The van der Waals surface area contributed by atoms with Gasteiger partial charge in [-0.3, -0.25) is 5.84 Å². The highest BCUT2D eigenvalue weighted by atomic mass is 32.1. The highest BCUT2D eigenvalue weighted by Gasteiger charge is 2.18. The van der Waals surface area contributed by atoms with E-state index in [4.69, 9.17) is 5.84 Å².